The fourth-order valence-electron chi connectivity index (χ4n) is 2.89. The summed E-state index contributed by atoms with van der Waals surface area (Å²) in [6.45, 7) is 4.41. The van der Waals surface area contributed by atoms with Gasteiger partial charge in [-0.3, -0.25) is 9.69 Å². The van der Waals surface area contributed by atoms with Gasteiger partial charge in [0.25, 0.3) is 5.91 Å². The Kier molecular flexibility index (Phi) is 3.88. The summed E-state index contributed by atoms with van der Waals surface area (Å²) in [5.74, 6) is 1.73. The van der Waals surface area contributed by atoms with E-state index in [-0.39, 0.29) is 5.91 Å². The van der Waals surface area contributed by atoms with Gasteiger partial charge in [-0.25, -0.2) is 4.37 Å². The Labute approximate surface area is 138 Å². The first-order valence-corrected chi connectivity index (χ1v) is 8.38. The molecule has 1 aromatic heterocycles. The molecule has 0 radical (unpaired) electrons. The molecule has 2 aromatic rings. The van der Waals surface area contributed by atoms with Crippen molar-refractivity contribution in [1.82, 2.24) is 14.2 Å². The lowest BCUT2D eigenvalue weighted by atomic mass is 10.1. The Morgan fingerprint density at radius 2 is 1.96 bits per heavy atom. The lowest BCUT2D eigenvalue weighted by Gasteiger charge is -2.34. The lowest BCUT2D eigenvalue weighted by Crippen LogP contribution is -2.48. The summed E-state index contributed by atoms with van der Waals surface area (Å²) >= 11 is 1.26. The molecule has 1 saturated heterocycles. The van der Waals surface area contributed by atoms with Gasteiger partial charge in [-0.15, -0.1) is 0 Å². The average Bonchev–Trinajstić information content (AvgIpc) is 3.26. The van der Waals surface area contributed by atoms with Crippen molar-refractivity contribution in [3.63, 3.8) is 0 Å². The summed E-state index contributed by atoms with van der Waals surface area (Å²) in [4.78, 5) is 17.3. The lowest BCUT2D eigenvalue weighted by molar-refractivity contribution is 0.0633. The van der Waals surface area contributed by atoms with E-state index in [1.807, 2.05) is 17.0 Å². The van der Waals surface area contributed by atoms with Crippen molar-refractivity contribution in [2.24, 2.45) is 0 Å². The van der Waals surface area contributed by atoms with Crippen LogP contribution in [-0.4, -0.2) is 53.1 Å². The molecule has 0 N–H and O–H groups in total. The number of rotatable bonds is 3. The molecule has 1 aromatic carbocycles. The Bertz CT molecular complexity index is 697. The topological polar surface area (TPSA) is 54.9 Å². The van der Waals surface area contributed by atoms with E-state index in [1.54, 1.807) is 12.3 Å². The molecule has 0 bridgehead atoms. The highest BCUT2D eigenvalue weighted by Gasteiger charge is 2.23. The van der Waals surface area contributed by atoms with Crippen molar-refractivity contribution in [2.75, 3.05) is 33.0 Å². The second kappa shape index (κ2) is 6.17. The normalized spacial score (nSPS) is 17.5. The number of fused-ring (bicyclic) bond motifs is 1. The maximum absolute atomic E-state index is 12.3. The van der Waals surface area contributed by atoms with Crippen LogP contribution in [0.2, 0.25) is 0 Å². The minimum absolute atomic E-state index is 0.0928. The van der Waals surface area contributed by atoms with Crippen LogP contribution < -0.4 is 9.47 Å². The highest BCUT2D eigenvalue weighted by molar-refractivity contribution is 7.08. The number of carbonyl (C=O) groups excluding carboxylic acids is 1. The number of nitrogens with zero attached hydrogens (tertiary/aromatic N) is 3. The van der Waals surface area contributed by atoms with E-state index >= 15 is 0 Å². The van der Waals surface area contributed by atoms with Gasteiger partial charge >= 0.3 is 0 Å². The van der Waals surface area contributed by atoms with E-state index in [1.165, 1.54) is 17.1 Å². The van der Waals surface area contributed by atoms with E-state index in [9.17, 15) is 4.79 Å². The molecule has 23 heavy (non-hydrogen) atoms. The quantitative estimate of drug-likeness (QED) is 0.859. The minimum atomic E-state index is 0.0928. The fraction of sp³-hybridized carbons (Fsp3) is 0.375. The molecule has 0 aliphatic carbocycles. The van der Waals surface area contributed by atoms with E-state index in [2.05, 4.69) is 15.3 Å². The van der Waals surface area contributed by atoms with Crippen molar-refractivity contribution in [1.29, 1.82) is 0 Å². The summed E-state index contributed by atoms with van der Waals surface area (Å²) in [6.07, 6.45) is 1.67. The molecule has 0 saturated carbocycles. The Morgan fingerprint density at radius 3 is 2.74 bits per heavy atom. The van der Waals surface area contributed by atoms with Crippen LogP contribution in [0.3, 0.4) is 0 Å². The molecule has 0 atom stereocenters. The third-order valence-corrected chi connectivity index (χ3v) is 4.89. The van der Waals surface area contributed by atoms with Gasteiger partial charge in [-0.05, 0) is 35.3 Å². The maximum Gasteiger partial charge on any atom is 0.265 e. The van der Waals surface area contributed by atoms with Gasteiger partial charge in [0.15, 0.2) is 11.5 Å². The first-order valence-electron chi connectivity index (χ1n) is 7.60. The van der Waals surface area contributed by atoms with Gasteiger partial charge in [0.2, 0.25) is 6.79 Å². The van der Waals surface area contributed by atoms with Gasteiger partial charge in [0, 0.05) is 38.9 Å². The van der Waals surface area contributed by atoms with E-state index in [0.29, 0.717) is 11.7 Å². The molecular formula is C16H17N3O3S. The molecule has 6 nitrogen and oxygen atoms in total. The largest absolute Gasteiger partial charge is 0.454 e. The number of hydrogen-bond donors (Lipinski definition) is 0. The molecule has 120 valence electrons. The second-order valence-corrected chi connectivity index (χ2v) is 6.47. The van der Waals surface area contributed by atoms with Crippen LogP contribution in [0.4, 0.5) is 0 Å². The Morgan fingerprint density at radius 1 is 1.13 bits per heavy atom. The summed E-state index contributed by atoms with van der Waals surface area (Å²) in [7, 11) is 0. The molecule has 1 amide bonds. The number of ether oxygens (including phenoxy) is 2. The third kappa shape index (κ3) is 3.02. The molecule has 0 spiro atoms. The molecule has 2 aliphatic heterocycles. The number of carbonyl (C=O) groups is 1. The summed E-state index contributed by atoms with van der Waals surface area (Å²) in [6, 6.07) is 7.85. The van der Waals surface area contributed by atoms with Gasteiger partial charge in [-0.1, -0.05) is 6.07 Å². The zero-order chi connectivity index (χ0) is 15.6. The summed E-state index contributed by atoms with van der Waals surface area (Å²) < 4.78 is 14.8. The molecule has 4 rings (SSSR count). The first kappa shape index (κ1) is 14.5. The number of hydrogen-bond acceptors (Lipinski definition) is 6. The zero-order valence-corrected chi connectivity index (χ0v) is 13.4. The minimum Gasteiger partial charge on any atom is -0.454 e. The highest BCUT2D eigenvalue weighted by atomic mass is 32.1. The molecule has 0 unspecified atom stereocenters. The molecule has 3 heterocycles. The van der Waals surface area contributed by atoms with Crippen LogP contribution >= 0.6 is 11.5 Å². The van der Waals surface area contributed by atoms with Crippen LogP contribution in [0.5, 0.6) is 11.5 Å². The predicted molar refractivity (Wildman–Crippen MR) is 85.9 cm³/mol. The van der Waals surface area contributed by atoms with Crippen LogP contribution in [-0.2, 0) is 6.54 Å². The standard InChI is InChI=1S/C16H17N3O3S/c20-16(15-3-4-17-23-15)19-7-5-18(6-8-19)10-12-1-2-13-14(9-12)22-11-21-13/h1-4,9H,5-8,10-11H2. The van der Waals surface area contributed by atoms with Gasteiger partial charge in [0.1, 0.15) is 4.88 Å². The monoisotopic (exact) mass is 331 g/mol. The highest BCUT2D eigenvalue weighted by Crippen LogP contribution is 2.32. The van der Waals surface area contributed by atoms with Crippen LogP contribution in [0.1, 0.15) is 15.2 Å². The molecular weight excluding hydrogens is 314 g/mol. The van der Waals surface area contributed by atoms with Crippen LogP contribution in [0.15, 0.2) is 30.5 Å². The Hall–Kier alpha value is -2.12. The van der Waals surface area contributed by atoms with Gasteiger partial charge < -0.3 is 14.4 Å². The van der Waals surface area contributed by atoms with Crippen molar-refractivity contribution >= 4 is 17.4 Å². The van der Waals surface area contributed by atoms with Crippen molar-refractivity contribution in [3.05, 3.63) is 40.9 Å². The number of aromatic nitrogens is 1. The molecule has 7 heteroatoms. The molecule has 1 fully saturated rings. The zero-order valence-electron chi connectivity index (χ0n) is 12.6. The van der Waals surface area contributed by atoms with E-state index in [4.69, 9.17) is 9.47 Å². The van der Waals surface area contributed by atoms with Crippen molar-refractivity contribution in [3.8, 4) is 11.5 Å². The van der Waals surface area contributed by atoms with Crippen molar-refractivity contribution < 1.29 is 14.3 Å². The van der Waals surface area contributed by atoms with Gasteiger partial charge in [-0.2, -0.15) is 0 Å². The third-order valence-electron chi connectivity index (χ3n) is 4.15. The SMILES string of the molecule is O=C(c1ccns1)N1CCN(Cc2ccc3c(c2)OCO3)CC1. The summed E-state index contributed by atoms with van der Waals surface area (Å²) in [5.41, 5.74) is 1.21. The molecule has 2 aliphatic rings. The summed E-state index contributed by atoms with van der Waals surface area (Å²) in [5, 5.41) is 0. The van der Waals surface area contributed by atoms with E-state index in [0.717, 1.165) is 44.2 Å². The smallest absolute Gasteiger partial charge is 0.265 e. The number of amides is 1. The van der Waals surface area contributed by atoms with E-state index < -0.39 is 0 Å². The predicted octanol–water partition coefficient (Wildman–Crippen LogP) is 1.83. The number of piperazine rings is 1. The average molecular weight is 331 g/mol. The fourth-order valence-corrected chi connectivity index (χ4v) is 3.45. The van der Waals surface area contributed by atoms with Crippen molar-refractivity contribution in [2.45, 2.75) is 6.54 Å². The van der Waals surface area contributed by atoms with Gasteiger partial charge in [0.05, 0.1) is 0 Å². The number of benzene rings is 1. The second-order valence-electron chi connectivity index (χ2n) is 5.63. The maximum atomic E-state index is 12.3. The Balaban J connectivity index is 1.34. The first-order chi connectivity index (χ1) is 11.3. The van der Waals surface area contributed by atoms with Crippen LogP contribution in [0.25, 0.3) is 0 Å². The van der Waals surface area contributed by atoms with Crippen LogP contribution in [0, 0.1) is 0 Å².